The van der Waals surface area contributed by atoms with Gasteiger partial charge in [0.25, 0.3) is 5.91 Å². The monoisotopic (exact) mass is 194 g/mol. The fourth-order valence-electron chi connectivity index (χ4n) is 1.03. The van der Waals surface area contributed by atoms with Gasteiger partial charge in [0.15, 0.2) is 6.29 Å². The number of nitrogens with two attached hydrogens (primary N) is 1. The van der Waals surface area contributed by atoms with Gasteiger partial charge in [-0.05, 0) is 11.6 Å². The zero-order valence-electron chi connectivity index (χ0n) is 7.69. The van der Waals surface area contributed by atoms with E-state index in [4.69, 9.17) is 10.5 Å². The van der Waals surface area contributed by atoms with Gasteiger partial charge in [0, 0.05) is 18.9 Å². The van der Waals surface area contributed by atoms with E-state index in [-0.39, 0.29) is 12.3 Å². The van der Waals surface area contributed by atoms with Crippen molar-refractivity contribution in [3.8, 4) is 0 Å². The average molecular weight is 194 g/mol. The predicted molar refractivity (Wildman–Crippen MR) is 48.9 cm³/mol. The highest BCUT2D eigenvalue weighted by Crippen LogP contribution is 2.08. The van der Waals surface area contributed by atoms with Crippen molar-refractivity contribution in [2.24, 2.45) is 5.73 Å². The van der Waals surface area contributed by atoms with Crippen LogP contribution in [0.15, 0.2) is 12.3 Å². The minimum atomic E-state index is -0.625. The number of nitrogens with zero attached hydrogens (tertiary/aromatic N) is 1. The third-order valence-corrected chi connectivity index (χ3v) is 1.70. The number of primary amides is 1. The number of rotatable bonds is 4. The third kappa shape index (κ3) is 2.14. The van der Waals surface area contributed by atoms with Crippen LogP contribution in [0.4, 0.5) is 0 Å². The van der Waals surface area contributed by atoms with E-state index in [0.717, 1.165) is 0 Å². The Morgan fingerprint density at radius 2 is 2.43 bits per heavy atom. The van der Waals surface area contributed by atoms with Gasteiger partial charge in [0.05, 0.1) is 6.61 Å². The highest BCUT2D eigenvalue weighted by atomic mass is 16.5. The van der Waals surface area contributed by atoms with E-state index in [2.05, 4.69) is 4.98 Å². The van der Waals surface area contributed by atoms with Crippen LogP contribution in [0.1, 0.15) is 26.4 Å². The molecule has 0 saturated heterocycles. The number of pyridine rings is 1. The Hall–Kier alpha value is -1.75. The quantitative estimate of drug-likeness (QED) is 0.691. The van der Waals surface area contributed by atoms with Gasteiger partial charge in [-0.3, -0.25) is 14.6 Å². The lowest BCUT2D eigenvalue weighted by molar-refractivity contribution is 0.0993. The summed E-state index contributed by atoms with van der Waals surface area (Å²) in [5.74, 6) is -0.625. The summed E-state index contributed by atoms with van der Waals surface area (Å²) < 4.78 is 4.87. The molecular weight excluding hydrogens is 184 g/mol. The molecule has 1 aromatic heterocycles. The number of aldehydes is 1. The molecule has 0 radical (unpaired) electrons. The van der Waals surface area contributed by atoms with E-state index in [9.17, 15) is 9.59 Å². The molecule has 0 bridgehead atoms. The van der Waals surface area contributed by atoms with E-state index < -0.39 is 5.91 Å². The molecule has 1 rings (SSSR count). The van der Waals surface area contributed by atoms with E-state index >= 15 is 0 Å². The van der Waals surface area contributed by atoms with E-state index in [1.807, 2.05) is 0 Å². The van der Waals surface area contributed by atoms with Crippen molar-refractivity contribution in [2.75, 3.05) is 7.11 Å². The molecule has 5 nitrogen and oxygen atoms in total. The Labute approximate surface area is 80.9 Å². The molecular formula is C9H10N2O3. The number of carbonyl (C=O) groups excluding carboxylic acids is 2. The Bertz CT molecular complexity index is 363. The lowest BCUT2D eigenvalue weighted by Crippen LogP contribution is -2.14. The smallest absolute Gasteiger partial charge is 0.267 e. The second-order valence-electron chi connectivity index (χ2n) is 2.68. The van der Waals surface area contributed by atoms with Crippen LogP contribution >= 0.6 is 0 Å². The van der Waals surface area contributed by atoms with Crippen LogP contribution in [0.2, 0.25) is 0 Å². The number of amides is 1. The summed E-state index contributed by atoms with van der Waals surface area (Å²) in [5.41, 5.74) is 6.17. The third-order valence-electron chi connectivity index (χ3n) is 1.70. The molecule has 1 aromatic rings. The van der Waals surface area contributed by atoms with E-state index in [1.165, 1.54) is 19.4 Å². The van der Waals surface area contributed by atoms with Gasteiger partial charge in [-0.25, -0.2) is 0 Å². The molecule has 1 amide bonds. The molecule has 0 spiro atoms. The maximum absolute atomic E-state index is 10.8. The summed E-state index contributed by atoms with van der Waals surface area (Å²) in [6, 6.07) is 1.45. The highest BCUT2D eigenvalue weighted by Gasteiger charge is 2.07. The van der Waals surface area contributed by atoms with Crippen LogP contribution in [-0.4, -0.2) is 24.3 Å². The first kappa shape index (κ1) is 10.3. The Morgan fingerprint density at radius 3 is 2.93 bits per heavy atom. The molecule has 1 heterocycles. The zero-order chi connectivity index (χ0) is 10.6. The molecule has 74 valence electrons. The van der Waals surface area contributed by atoms with Crippen LogP contribution in [0, 0.1) is 0 Å². The molecule has 5 heteroatoms. The number of aromatic nitrogens is 1. The number of hydrogen-bond acceptors (Lipinski definition) is 4. The standard InChI is InChI=1S/C9H10N2O3/c1-14-5-6-2-8(9(10)13)11-3-7(6)4-12/h2-4H,5H2,1H3,(H2,10,13). The van der Waals surface area contributed by atoms with Crippen molar-refractivity contribution in [1.29, 1.82) is 0 Å². The predicted octanol–water partition coefficient (Wildman–Crippen LogP) is 0.139. The molecule has 0 aliphatic carbocycles. The first-order chi connectivity index (χ1) is 6.69. The summed E-state index contributed by atoms with van der Waals surface area (Å²) in [5, 5.41) is 0. The summed E-state index contributed by atoms with van der Waals surface area (Å²) in [4.78, 5) is 25.1. The minimum absolute atomic E-state index is 0.127. The van der Waals surface area contributed by atoms with Gasteiger partial charge in [0.2, 0.25) is 0 Å². The van der Waals surface area contributed by atoms with Gasteiger partial charge < -0.3 is 10.5 Å². The summed E-state index contributed by atoms with van der Waals surface area (Å²) in [6.07, 6.45) is 1.97. The molecule has 0 unspecified atom stereocenters. The molecule has 0 aliphatic rings. The van der Waals surface area contributed by atoms with Crippen molar-refractivity contribution in [3.05, 3.63) is 29.1 Å². The molecule has 14 heavy (non-hydrogen) atoms. The topological polar surface area (TPSA) is 82.3 Å². The van der Waals surface area contributed by atoms with Gasteiger partial charge in [-0.15, -0.1) is 0 Å². The van der Waals surface area contributed by atoms with E-state index in [1.54, 1.807) is 0 Å². The Balaban J connectivity index is 3.13. The summed E-state index contributed by atoms with van der Waals surface area (Å²) in [6.45, 7) is 0.247. The lowest BCUT2D eigenvalue weighted by atomic mass is 10.1. The van der Waals surface area contributed by atoms with Crippen LogP contribution in [0.25, 0.3) is 0 Å². The maximum Gasteiger partial charge on any atom is 0.267 e. The van der Waals surface area contributed by atoms with Crippen LogP contribution in [-0.2, 0) is 11.3 Å². The fourth-order valence-corrected chi connectivity index (χ4v) is 1.03. The largest absolute Gasteiger partial charge is 0.380 e. The number of carbonyl (C=O) groups is 2. The zero-order valence-corrected chi connectivity index (χ0v) is 7.69. The number of ether oxygens (including phenoxy) is 1. The second-order valence-corrected chi connectivity index (χ2v) is 2.68. The van der Waals surface area contributed by atoms with Crippen LogP contribution in [0.3, 0.4) is 0 Å². The lowest BCUT2D eigenvalue weighted by Gasteiger charge is -2.03. The van der Waals surface area contributed by atoms with Crippen molar-refractivity contribution >= 4 is 12.2 Å². The normalized spacial score (nSPS) is 9.79. The molecule has 0 saturated carbocycles. The Morgan fingerprint density at radius 1 is 1.71 bits per heavy atom. The number of hydrogen-bond donors (Lipinski definition) is 1. The number of methoxy groups -OCH3 is 1. The first-order valence-electron chi connectivity index (χ1n) is 3.92. The highest BCUT2D eigenvalue weighted by molar-refractivity contribution is 5.91. The molecule has 0 atom stereocenters. The molecule has 2 N–H and O–H groups in total. The van der Waals surface area contributed by atoms with Crippen molar-refractivity contribution < 1.29 is 14.3 Å². The second kappa shape index (κ2) is 4.48. The van der Waals surface area contributed by atoms with Gasteiger partial charge in [0.1, 0.15) is 5.69 Å². The van der Waals surface area contributed by atoms with Crippen molar-refractivity contribution in [1.82, 2.24) is 4.98 Å². The van der Waals surface area contributed by atoms with Gasteiger partial charge >= 0.3 is 0 Å². The van der Waals surface area contributed by atoms with E-state index in [0.29, 0.717) is 17.4 Å². The minimum Gasteiger partial charge on any atom is -0.380 e. The molecule has 0 aromatic carbocycles. The molecule has 0 aliphatic heterocycles. The maximum atomic E-state index is 10.8. The average Bonchev–Trinajstić information content (AvgIpc) is 2.18. The SMILES string of the molecule is COCc1cc(C(N)=O)ncc1C=O. The summed E-state index contributed by atoms with van der Waals surface area (Å²) in [7, 11) is 1.50. The summed E-state index contributed by atoms with van der Waals surface area (Å²) >= 11 is 0. The molecule has 0 fully saturated rings. The fraction of sp³-hybridized carbons (Fsp3) is 0.222. The Kier molecular flexibility index (Phi) is 3.30. The first-order valence-corrected chi connectivity index (χ1v) is 3.92. The van der Waals surface area contributed by atoms with Crippen molar-refractivity contribution in [3.63, 3.8) is 0 Å². The van der Waals surface area contributed by atoms with Crippen LogP contribution < -0.4 is 5.73 Å². The van der Waals surface area contributed by atoms with Gasteiger partial charge in [-0.2, -0.15) is 0 Å². The van der Waals surface area contributed by atoms with Gasteiger partial charge in [-0.1, -0.05) is 0 Å². The van der Waals surface area contributed by atoms with Crippen LogP contribution in [0.5, 0.6) is 0 Å². The van der Waals surface area contributed by atoms with Crippen molar-refractivity contribution in [2.45, 2.75) is 6.61 Å².